The van der Waals surface area contributed by atoms with Crippen molar-refractivity contribution in [3.63, 3.8) is 0 Å². The van der Waals surface area contributed by atoms with E-state index in [0.29, 0.717) is 0 Å². The van der Waals surface area contributed by atoms with Crippen molar-refractivity contribution in [2.24, 2.45) is 0 Å². The maximum absolute atomic E-state index is 11.2. The molecule has 18 heavy (non-hydrogen) atoms. The molecule has 1 saturated heterocycles. The number of rotatable bonds is 2. The van der Waals surface area contributed by atoms with Crippen LogP contribution in [0.1, 0.15) is 5.56 Å². The minimum absolute atomic E-state index is 0.0343. The Balaban J connectivity index is 2.38. The van der Waals surface area contributed by atoms with Crippen LogP contribution in [-0.2, 0) is 4.79 Å². The van der Waals surface area contributed by atoms with Crippen molar-refractivity contribution in [1.29, 1.82) is 0 Å². The summed E-state index contributed by atoms with van der Waals surface area (Å²) in [5.74, 6) is -1.35. The van der Waals surface area contributed by atoms with Crippen LogP contribution in [0, 0.1) is 10.1 Å². The fraction of sp³-hybridized carbons (Fsp3) is 0. The topological polar surface area (TPSA) is 124 Å². The van der Waals surface area contributed by atoms with Crippen LogP contribution in [0.15, 0.2) is 23.9 Å². The molecule has 0 atom stereocenters. The van der Waals surface area contributed by atoms with E-state index in [1.165, 1.54) is 12.1 Å². The van der Waals surface area contributed by atoms with E-state index < -0.39 is 28.3 Å². The first kappa shape index (κ1) is 11.6. The predicted octanol–water partition coefficient (Wildman–Crippen LogP) is -0.151. The summed E-state index contributed by atoms with van der Waals surface area (Å²) < 4.78 is 0. The lowest BCUT2D eigenvalue weighted by molar-refractivity contribution is -0.398. The minimum Gasteiger partial charge on any atom is -0.868 e. The summed E-state index contributed by atoms with van der Waals surface area (Å²) in [6.07, 6.45) is 1.24. The lowest BCUT2D eigenvalue weighted by Crippen LogP contribution is -2.22. The molecule has 0 bridgehead atoms. The van der Waals surface area contributed by atoms with Crippen LogP contribution in [0.3, 0.4) is 0 Å². The van der Waals surface area contributed by atoms with Crippen molar-refractivity contribution in [3.05, 3.63) is 39.6 Å². The van der Waals surface area contributed by atoms with E-state index in [1.807, 2.05) is 5.32 Å². The third kappa shape index (κ3) is 2.12. The molecule has 1 aromatic carbocycles. The van der Waals surface area contributed by atoms with Gasteiger partial charge >= 0.3 is 6.03 Å². The average Bonchev–Trinajstić information content (AvgIpc) is 2.60. The van der Waals surface area contributed by atoms with Gasteiger partial charge in [-0.05, 0) is 17.4 Å². The first-order valence-electron chi connectivity index (χ1n) is 4.77. The van der Waals surface area contributed by atoms with Gasteiger partial charge in [-0.3, -0.25) is 20.2 Å². The quantitative estimate of drug-likeness (QED) is 0.326. The number of carbonyl (C=O) groups is 2. The van der Waals surface area contributed by atoms with Crippen LogP contribution in [0.4, 0.5) is 10.5 Å². The van der Waals surface area contributed by atoms with Gasteiger partial charge in [-0.1, -0.05) is 12.1 Å². The smallest absolute Gasteiger partial charge is 0.326 e. The standard InChI is InChI=1S/C10H7N3O5/c14-8-2-1-5(4-7(8)13(17)18)3-6-9(15)12-10(16)11-6/h1-4,14H,(H2,11,12,15,16)/p-1/b6-3-. The number of hydrogen-bond donors (Lipinski definition) is 2. The van der Waals surface area contributed by atoms with Gasteiger partial charge in [-0.2, -0.15) is 0 Å². The number of nitro groups is 1. The number of amides is 3. The molecule has 1 aromatic rings. The van der Waals surface area contributed by atoms with Crippen LogP contribution in [0.5, 0.6) is 5.75 Å². The van der Waals surface area contributed by atoms with Crippen molar-refractivity contribution in [1.82, 2.24) is 10.6 Å². The second kappa shape index (κ2) is 4.17. The average molecular weight is 248 g/mol. The van der Waals surface area contributed by atoms with Crippen molar-refractivity contribution >= 4 is 23.7 Å². The Hall–Kier alpha value is -2.90. The third-order valence-electron chi connectivity index (χ3n) is 2.21. The summed E-state index contributed by atoms with van der Waals surface area (Å²) in [6.45, 7) is 0. The van der Waals surface area contributed by atoms with Crippen LogP contribution in [-0.4, -0.2) is 16.9 Å². The van der Waals surface area contributed by atoms with E-state index >= 15 is 0 Å². The summed E-state index contributed by atoms with van der Waals surface area (Å²) in [4.78, 5) is 31.8. The normalized spacial score (nSPS) is 16.6. The molecule has 8 nitrogen and oxygen atoms in total. The Morgan fingerprint density at radius 3 is 2.50 bits per heavy atom. The lowest BCUT2D eigenvalue weighted by Gasteiger charge is -2.06. The Kier molecular flexibility index (Phi) is 2.68. The highest BCUT2D eigenvalue weighted by molar-refractivity contribution is 6.14. The number of benzene rings is 1. The maximum Gasteiger partial charge on any atom is 0.326 e. The van der Waals surface area contributed by atoms with E-state index in [0.717, 1.165) is 12.1 Å². The molecule has 1 aliphatic heterocycles. The van der Waals surface area contributed by atoms with Crippen molar-refractivity contribution < 1.29 is 19.6 Å². The van der Waals surface area contributed by atoms with Gasteiger partial charge in [-0.25, -0.2) is 4.79 Å². The fourth-order valence-electron chi connectivity index (χ4n) is 1.42. The number of carbonyl (C=O) groups excluding carboxylic acids is 2. The van der Waals surface area contributed by atoms with Crippen molar-refractivity contribution in [2.45, 2.75) is 0 Å². The van der Waals surface area contributed by atoms with E-state index in [9.17, 15) is 24.8 Å². The van der Waals surface area contributed by atoms with Gasteiger partial charge in [-0.15, -0.1) is 0 Å². The summed E-state index contributed by atoms with van der Waals surface area (Å²) in [5, 5.41) is 25.9. The van der Waals surface area contributed by atoms with Crippen molar-refractivity contribution in [3.8, 4) is 5.75 Å². The van der Waals surface area contributed by atoms with E-state index in [2.05, 4.69) is 5.32 Å². The minimum atomic E-state index is -0.808. The number of urea groups is 1. The molecule has 3 amide bonds. The zero-order chi connectivity index (χ0) is 13.3. The second-order valence-corrected chi connectivity index (χ2v) is 3.45. The molecule has 8 heteroatoms. The second-order valence-electron chi connectivity index (χ2n) is 3.45. The predicted molar refractivity (Wildman–Crippen MR) is 57.2 cm³/mol. The Morgan fingerprint density at radius 2 is 1.94 bits per heavy atom. The van der Waals surface area contributed by atoms with Crippen LogP contribution >= 0.6 is 0 Å². The van der Waals surface area contributed by atoms with Gasteiger partial charge in [0.05, 0.1) is 4.92 Å². The molecule has 0 saturated carbocycles. The third-order valence-corrected chi connectivity index (χ3v) is 2.21. The molecule has 2 rings (SSSR count). The van der Waals surface area contributed by atoms with Crippen molar-refractivity contribution in [2.75, 3.05) is 0 Å². The Labute approximate surface area is 100 Å². The van der Waals surface area contributed by atoms with Gasteiger partial charge in [0.2, 0.25) is 0 Å². The monoisotopic (exact) mass is 248 g/mol. The van der Waals surface area contributed by atoms with E-state index in [4.69, 9.17) is 0 Å². The molecule has 0 spiro atoms. The highest BCUT2D eigenvalue weighted by Crippen LogP contribution is 2.24. The number of nitro benzene ring substituents is 1. The highest BCUT2D eigenvalue weighted by atomic mass is 16.6. The largest absolute Gasteiger partial charge is 0.868 e. The first-order valence-corrected chi connectivity index (χ1v) is 4.77. The molecule has 0 unspecified atom stereocenters. The van der Waals surface area contributed by atoms with Crippen LogP contribution in [0.25, 0.3) is 6.08 Å². The number of nitrogens with one attached hydrogen (secondary N) is 2. The Morgan fingerprint density at radius 1 is 1.22 bits per heavy atom. The highest BCUT2D eigenvalue weighted by Gasteiger charge is 2.22. The van der Waals surface area contributed by atoms with Crippen LogP contribution in [0.2, 0.25) is 0 Å². The molecular formula is C10H6N3O5-. The van der Waals surface area contributed by atoms with E-state index in [1.54, 1.807) is 0 Å². The van der Waals surface area contributed by atoms with Gasteiger partial charge in [0.1, 0.15) is 5.70 Å². The summed E-state index contributed by atoms with van der Waals surface area (Å²) in [7, 11) is 0. The van der Waals surface area contributed by atoms with Gasteiger partial charge in [0.15, 0.2) is 0 Å². The van der Waals surface area contributed by atoms with Gasteiger partial charge in [0, 0.05) is 6.07 Å². The van der Waals surface area contributed by atoms with Gasteiger partial charge in [0.25, 0.3) is 11.6 Å². The fourth-order valence-corrected chi connectivity index (χ4v) is 1.42. The number of nitrogens with zero attached hydrogens (tertiary/aromatic N) is 1. The SMILES string of the molecule is O=C1NC(=O)/C(=C/c2ccc([O-])c([N+](=O)[O-])c2)N1. The Bertz CT molecular complexity index is 593. The molecule has 0 aliphatic carbocycles. The molecule has 1 heterocycles. The maximum atomic E-state index is 11.2. The summed E-state index contributed by atoms with van der Waals surface area (Å²) >= 11 is 0. The molecule has 1 fully saturated rings. The molecule has 2 N–H and O–H groups in total. The van der Waals surface area contributed by atoms with E-state index in [-0.39, 0.29) is 11.3 Å². The molecule has 92 valence electrons. The number of hydrogen-bond acceptors (Lipinski definition) is 5. The lowest BCUT2D eigenvalue weighted by atomic mass is 10.1. The molecule has 0 aromatic heterocycles. The zero-order valence-electron chi connectivity index (χ0n) is 8.80. The zero-order valence-corrected chi connectivity index (χ0v) is 8.80. The van der Waals surface area contributed by atoms with Crippen LogP contribution < -0.4 is 15.7 Å². The summed E-state index contributed by atoms with van der Waals surface area (Å²) in [6, 6.07) is 2.72. The number of imide groups is 1. The summed E-state index contributed by atoms with van der Waals surface area (Å²) in [5.41, 5.74) is -0.351. The first-order chi connectivity index (χ1) is 8.47. The molecular weight excluding hydrogens is 242 g/mol. The molecule has 1 aliphatic rings. The molecule has 0 radical (unpaired) electrons. The van der Waals surface area contributed by atoms with Gasteiger partial charge < -0.3 is 10.4 Å².